The second-order valence-corrected chi connectivity index (χ2v) is 5.45. The molecule has 1 fully saturated rings. The van der Waals surface area contributed by atoms with E-state index < -0.39 is 12.0 Å². The molecule has 4 nitrogen and oxygen atoms in total. The van der Waals surface area contributed by atoms with E-state index in [0.717, 1.165) is 0 Å². The van der Waals surface area contributed by atoms with Crippen LogP contribution in [0.2, 0.25) is 20.1 Å². The molecule has 19 heavy (non-hydrogen) atoms. The van der Waals surface area contributed by atoms with Gasteiger partial charge < -0.3 is 10.1 Å². The number of nitrogens with one attached hydrogen (secondary N) is 1. The van der Waals surface area contributed by atoms with Gasteiger partial charge in [0.1, 0.15) is 11.1 Å². The largest absolute Gasteiger partial charge is 0.422 e. The standard InChI is InChI=1S/C11H7Cl4NO3/c12-4-3-5(13)10(9(15)8(4)14)19-11(18)6-1-2-7(17)16-6/h3,6H,1-2H2,(H,16,17)/t6-/m0/s1. The molecule has 102 valence electrons. The summed E-state index contributed by atoms with van der Waals surface area (Å²) in [4.78, 5) is 22.9. The highest BCUT2D eigenvalue weighted by Gasteiger charge is 2.30. The number of esters is 1. The highest BCUT2D eigenvalue weighted by molar-refractivity contribution is 6.50. The first-order chi connectivity index (χ1) is 8.90. The number of rotatable bonds is 2. The summed E-state index contributed by atoms with van der Waals surface area (Å²) < 4.78 is 5.08. The lowest BCUT2D eigenvalue weighted by Crippen LogP contribution is -2.36. The zero-order valence-corrected chi connectivity index (χ0v) is 12.3. The average molecular weight is 343 g/mol. The Labute approximate surface area is 128 Å². The molecule has 1 amide bonds. The lowest BCUT2D eigenvalue weighted by molar-refractivity contribution is -0.137. The third kappa shape index (κ3) is 3.08. The van der Waals surface area contributed by atoms with Crippen molar-refractivity contribution in [2.24, 2.45) is 0 Å². The van der Waals surface area contributed by atoms with Gasteiger partial charge in [0.15, 0.2) is 5.75 Å². The van der Waals surface area contributed by atoms with E-state index in [0.29, 0.717) is 6.42 Å². The van der Waals surface area contributed by atoms with Gasteiger partial charge >= 0.3 is 5.97 Å². The molecule has 0 spiro atoms. The molecule has 1 aromatic rings. The maximum absolute atomic E-state index is 11.8. The van der Waals surface area contributed by atoms with Gasteiger partial charge in [-0.2, -0.15) is 0 Å². The highest BCUT2D eigenvalue weighted by Crippen LogP contribution is 2.42. The van der Waals surface area contributed by atoms with E-state index in [9.17, 15) is 9.59 Å². The summed E-state index contributed by atoms with van der Waals surface area (Å²) in [5.74, 6) is -0.912. The van der Waals surface area contributed by atoms with Gasteiger partial charge in [0.25, 0.3) is 0 Å². The molecule has 0 saturated carbocycles. The van der Waals surface area contributed by atoms with E-state index in [1.54, 1.807) is 0 Å². The first-order valence-electron chi connectivity index (χ1n) is 5.24. The Bertz CT molecular complexity index is 561. The van der Waals surface area contributed by atoms with Crippen LogP contribution in [0.4, 0.5) is 0 Å². The molecule has 0 radical (unpaired) electrons. The fourth-order valence-electron chi connectivity index (χ4n) is 1.61. The zero-order chi connectivity index (χ0) is 14.2. The molecule has 2 rings (SSSR count). The summed E-state index contributed by atoms with van der Waals surface area (Å²) in [5, 5.41) is 2.71. The summed E-state index contributed by atoms with van der Waals surface area (Å²) in [7, 11) is 0. The molecule has 1 aliphatic heterocycles. The Balaban J connectivity index is 2.22. The Hall–Kier alpha value is -0.680. The van der Waals surface area contributed by atoms with E-state index in [1.807, 2.05) is 0 Å². The first kappa shape index (κ1) is 14.7. The molecule has 1 N–H and O–H groups in total. The van der Waals surface area contributed by atoms with Gasteiger partial charge in [0.05, 0.1) is 15.1 Å². The minimum Gasteiger partial charge on any atom is -0.422 e. The van der Waals surface area contributed by atoms with Crippen LogP contribution in [-0.4, -0.2) is 17.9 Å². The van der Waals surface area contributed by atoms with Crippen molar-refractivity contribution in [2.75, 3.05) is 0 Å². The summed E-state index contributed by atoms with van der Waals surface area (Å²) in [6, 6.07) is 0.627. The van der Waals surface area contributed by atoms with E-state index in [-0.39, 0.29) is 38.2 Å². The first-order valence-corrected chi connectivity index (χ1v) is 6.75. The molecule has 1 aliphatic rings. The van der Waals surface area contributed by atoms with Crippen LogP contribution in [0.5, 0.6) is 5.75 Å². The van der Waals surface area contributed by atoms with E-state index in [1.165, 1.54) is 6.07 Å². The number of carbonyl (C=O) groups excluding carboxylic acids is 2. The van der Waals surface area contributed by atoms with Gasteiger partial charge in [-0.05, 0) is 12.5 Å². The molecule has 1 heterocycles. The van der Waals surface area contributed by atoms with Gasteiger partial charge in [-0.25, -0.2) is 4.79 Å². The van der Waals surface area contributed by atoms with Crippen LogP contribution < -0.4 is 10.1 Å². The number of benzene rings is 1. The van der Waals surface area contributed by atoms with Crippen molar-refractivity contribution < 1.29 is 14.3 Å². The van der Waals surface area contributed by atoms with Crippen LogP contribution in [0.3, 0.4) is 0 Å². The number of halogens is 4. The van der Waals surface area contributed by atoms with Crippen molar-refractivity contribution >= 4 is 58.3 Å². The predicted molar refractivity (Wildman–Crippen MR) is 73.3 cm³/mol. The van der Waals surface area contributed by atoms with Crippen molar-refractivity contribution in [3.8, 4) is 5.75 Å². The van der Waals surface area contributed by atoms with Gasteiger partial charge in [0.2, 0.25) is 5.91 Å². The lowest BCUT2D eigenvalue weighted by Gasteiger charge is -2.13. The Kier molecular flexibility index (Phi) is 4.46. The van der Waals surface area contributed by atoms with Crippen LogP contribution in [0, 0.1) is 0 Å². The number of ether oxygens (including phenoxy) is 1. The summed E-state index contributed by atoms with van der Waals surface area (Å²) in [5.41, 5.74) is 0. The molecule has 0 aromatic heterocycles. The molecule has 1 atom stereocenters. The Morgan fingerprint density at radius 1 is 1.21 bits per heavy atom. The van der Waals surface area contributed by atoms with E-state index in [2.05, 4.69) is 5.32 Å². The molecule has 0 bridgehead atoms. The van der Waals surface area contributed by atoms with Crippen LogP contribution in [0.1, 0.15) is 12.8 Å². The smallest absolute Gasteiger partial charge is 0.334 e. The van der Waals surface area contributed by atoms with Gasteiger partial charge in [-0.3, -0.25) is 4.79 Å². The van der Waals surface area contributed by atoms with E-state index >= 15 is 0 Å². The van der Waals surface area contributed by atoms with Crippen LogP contribution in [0.15, 0.2) is 6.07 Å². The van der Waals surface area contributed by atoms with Gasteiger partial charge in [-0.1, -0.05) is 46.4 Å². The van der Waals surface area contributed by atoms with Crippen molar-refractivity contribution in [2.45, 2.75) is 18.9 Å². The average Bonchev–Trinajstić information content (AvgIpc) is 2.78. The maximum atomic E-state index is 11.8. The number of hydrogen-bond acceptors (Lipinski definition) is 3. The predicted octanol–water partition coefficient (Wildman–Crippen LogP) is 3.48. The Morgan fingerprint density at radius 2 is 1.89 bits per heavy atom. The molecule has 1 saturated heterocycles. The monoisotopic (exact) mass is 341 g/mol. The van der Waals surface area contributed by atoms with Crippen LogP contribution >= 0.6 is 46.4 Å². The highest BCUT2D eigenvalue weighted by atomic mass is 35.5. The maximum Gasteiger partial charge on any atom is 0.334 e. The number of hydrogen-bond donors (Lipinski definition) is 1. The van der Waals surface area contributed by atoms with Crippen molar-refractivity contribution in [3.05, 3.63) is 26.2 Å². The van der Waals surface area contributed by atoms with Crippen molar-refractivity contribution in [1.82, 2.24) is 5.32 Å². The third-order valence-electron chi connectivity index (χ3n) is 2.55. The van der Waals surface area contributed by atoms with Gasteiger partial charge in [0, 0.05) is 6.42 Å². The molecular weight excluding hydrogens is 336 g/mol. The number of amides is 1. The molecular formula is C11H7Cl4NO3. The number of carbonyl (C=O) groups is 2. The molecule has 0 aliphatic carbocycles. The quantitative estimate of drug-likeness (QED) is 0.387. The second kappa shape index (κ2) is 5.75. The normalized spacial score (nSPS) is 18.3. The summed E-state index contributed by atoms with van der Waals surface area (Å²) >= 11 is 23.4. The fourth-order valence-corrected chi connectivity index (χ4v) is 2.59. The minimum absolute atomic E-state index is 0.0446. The third-order valence-corrected chi connectivity index (χ3v) is 4.08. The molecule has 8 heteroatoms. The SMILES string of the molecule is O=C1CC[C@@H](C(=O)Oc2c(Cl)cc(Cl)c(Cl)c2Cl)N1. The minimum atomic E-state index is -0.700. The molecule has 1 aromatic carbocycles. The van der Waals surface area contributed by atoms with Crippen LogP contribution in [-0.2, 0) is 9.59 Å². The van der Waals surface area contributed by atoms with Crippen molar-refractivity contribution in [3.63, 3.8) is 0 Å². The van der Waals surface area contributed by atoms with Crippen LogP contribution in [0.25, 0.3) is 0 Å². The fraction of sp³-hybridized carbons (Fsp3) is 0.273. The van der Waals surface area contributed by atoms with Crippen molar-refractivity contribution in [1.29, 1.82) is 0 Å². The molecule has 0 unspecified atom stereocenters. The van der Waals surface area contributed by atoms with E-state index in [4.69, 9.17) is 51.1 Å². The Morgan fingerprint density at radius 3 is 2.47 bits per heavy atom. The second-order valence-electron chi connectivity index (χ2n) is 3.88. The summed E-state index contributed by atoms with van der Waals surface area (Å²) in [6.45, 7) is 0. The summed E-state index contributed by atoms with van der Waals surface area (Å²) in [6.07, 6.45) is 0.650. The topological polar surface area (TPSA) is 55.4 Å². The van der Waals surface area contributed by atoms with Gasteiger partial charge in [-0.15, -0.1) is 0 Å². The lowest BCUT2D eigenvalue weighted by atomic mass is 10.2. The zero-order valence-electron chi connectivity index (χ0n) is 9.31.